The van der Waals surface area contributed by atoms with Crippen LogP contribution in [-0.2, 0) is 11.3 Å². The fraction of sp³-hybridized carbons (Fsp3) is 0.409. The van der Waals surface area contributed by atoms with E-state index in [4.69, 9.17) is 14.2 Å². The predicted octanol–water partition coefficient (Wildman–Crippen LogP) is 4.01. The van der Waals surface area contributed by atoms with Crippen molar-refractivity contribution in [3.05, 3.63) is 59.4 Å². The largest absolute Gasteiger partial charge is 0.454 e. The van der Waals surface area contributed by atoms with Crippen molar-refractivity contribution in [1.82, 2.24) is 4.90 Å². The van der Waals surface area contributed by atoms with Gasteiger partial charge in [0.1, 0.15) is 5.82 Å². The lowest BCUT2D eigenvalue weighted by Crippen LogP contribution is -2.38. The first-order chi connectivity index (χ1) is 13.7. The number of fused-ring (bicyclic) bond motifs is 1. The van der Waals surface area contributed by atoms with Crippen LogP contribution >= 0.6 is 0 Å². The first kappa shape index (κ1) is 18.7. The summed E-state index contributed by atoms with van der Waals surface area (Å²) >= 11 is 0. The molecule has 0 unspecified atom stereocenters. The number of carbonyl (C=O) groups excluding carboxylic acids is 1. The van der Waals surface area contributed by atoms with Crippen molar-refractivity contribution in [2.45, 2.75) is 25.9 Å². The van der Waals surface area contributed by atoms with E-state index in [0.717, 1.165) is 32.4 Å². The molecule has 0 aromatic heterocycles. The zero-order valence-corrected chi connectivity index (χ0v) is 15.7. The topological polar surface area (TPSA) is 48.0 Å². The van der Waals surface area contributed by atoms with Gasteiger partial charge in [-0.1, -0.05) is 18.2 Å². The molecule has 2 aliphatic rings. The average Bonchev–Trinajstić information content (AvgIpc) is 3.20. The number of benzene rings is 2. The first-order valence-electron chi connectivity index (χ1n) is 9.71. The Hall–Kier alpha value is -2.60. The van der Waals surface area contributed by atoms with Gasteiger partial charge in [0, 0.05) is 30.8 Å². The third kappa shape index (κ3) is 4.28. The molecule has 0 aliphatic carbocycles. The fourth-order valence-electron chi connectivity index (χ4n) is 3.68. The molecule has 0 N–H and O–H groups in total. The van der Waals surface area contributed by atoms with Crippen molar-refractivity contribution in [2.75, 3.05) is 26.5 Å². The summed E-state index contributed by atoms with van der Waals surface area (Å²) in [6.07, 6.45) is 2.85. The van der Waals surface area contributed by atoms with Crippen molar-refractivity contribution in [3.8, 4) is 11.5 Å². The Morgan fingerprint density at radius 1 is 1.11 bits per heavy atom. The maximum atomic E-state index is 13.6. The lowest BCUT2D eigenvalue weighted by Gasteiger charge is -2.32. The van der Waals surface area contributed by atoms with Crippen molar-refractivity contribution >= 4 is 5.91 Å². The summed E-state index contributed by atoms with van der Waals surface area (Å²) in [6, 6.07) is 12.0. The van der Waals surface area contributed by atoms with Gasteiger partial charge >= 0.3 is 0 Å². The second-order valence-corrected chi connectivity index (χ2v) is 7.24. The van der Waals surface area contributed by atoms with Gasteiger partial charge < -0.3 is 19.1 Å². The molecule has 0 saturated carbocycles. The van der Waals surface area contributed by atoms with Crippen LogP contribution in [-0.4, -0.2) is 37.3 Å². The fourth-order valence-corrected chi connectivity index (χ4v) is 3.68. The van der Waals surface area contributed by atoms with E-state index in [1.165, 1.54) is 6.07 Å². The maximum absolute atomic E-state index is 13.6. The van der Waals surface area contributed by atoms with Gasteiger partial charge in [-0.05, 0) is 49.4 Å². The summed E-state index contributed by atoms with van der Waals surface area (Å²) in [5, 5.41) is 0. The van der Waals surface area contributed by atoms with Crippen LogP contribution in [0.3, 0.4) is 0 Å². The SMILES string of the molecule is O=C(c1ccc2c(c1)OCO2)N1CCC(CCOCc2ccccc2F)CC1. The Labute approximate surface area is 164 Å². The number of amides is 1. The molecule has 0 radical (unpaired) electrons. The van der Waals surface area contributed by atoms with Crippen LogP contribution < -0.4 is 9.47 Å². The van der Waals surface area contributed by atoms with E-state index in [2.05, 4.69) is 0 Å². The number of piperidine rings is 1. The van der Waals surface area contributed by atoms with Crippen LogP contribution in [0.4, 0.5) is 4.39 Å². The summed E-state index contributed by atoms with van der Waals surface area (Å²) in [6.45, 7) is 2.59. The standard InChI is InChI=1S/C22H24FNO4/c23-19-4-2-1-3-18(19)14-26-12-9-16-7-10-24(11-8-16)22(25)17-5-6-20-21(13-17)28-15-27-20/h1-6,13,16H,7-12,14-15H2. The molecule has 2 aromatic rings. The Morgan fingerprint density at radius 3 is 2.71 bits per heavy atom. The second-order valence-electron chi connectivity index (χ2n) is 7.24. The van der Waals surface area contributed by atoms with Crippen molar-refractivity contribution in [1.29, 1.82) is 0 Å². The molecule has 0 bridgehead atoms. The molecule has 2 aromatic carbocycles. The Bertz CT molecular complexity index is 833. The minimum Gasteiger partial charge on any atom is -0.454 e. The molecule has 4 rings (SSSR count). The molecule has 0 atom stereocenters. The molecular formula is C22H24FNO4. The summed E-state index contributed by atoms with van der Waals surface area (Å²) in [7, 11) is 0. The Balaban J connectivity index is 1.20. The Kier molecular flexibility index (Phi) is 5.76. The maximum Gasteiger partial charge on any atom is 0.253 e. The molecule has 1 amide bonds. The van der Waals surface area contributed by atoms with Crippen molar-refractivity contribution in [2.24, 2.45) is 5.92 Å². The number of hydrogen-bond donors (Lipinski definition) is 0. The summed E-state index contributed by atoms with van der Waals surface area (Å²) in [5.74, 6) is 1.66. The van der Waals surface area contributed by atoms with Crippen LogP contribution in [0.1, 0.15) is 35.2 Å². The van der Waals surface area contributed by atoms with Gasteiger partial charge in [-0.2, -0.15) is 0 Å². The quantitative estimate of drug-likeness (QED) is 0.705. The normalized spacial score (nSPS) is 16.4. The smallest absolute Gasteiger partial charge is 0.253 e. The minimum absolute atomic E-state index is 0.0348. The molecular weight excluding hydrogens is 361 g/mol. The van der Waals surface area contributed by atoms with E-state index < -0.39 is 0 Å². The summed E-state index contributed by atoms with van der Waals surface area (Å²) in [5.41, 5.74) is 1.22. The van der Waals surface area contributed by atoms with E-state index in [0.29, 0.717) is 41.8 Å². The Morgan fingerprint density at radius 2 is 1.89 bits per heavy atom. The molecule has 5 nitrogen and oxygen atoms in total. The van der Waals surface area contributed by atoms with Gasteiger partial charge in [0.15, 0.2) is 11.5 Å². The van der Waals surface area contributed by atoms with Gasteiger partial charge in [0.2, 0.25) is 6.79 Å². The van der Waals surface area contributed by atoms with Crippen LogP contribution in [0.2, 0.25) is 0 Å². The van der Waals surface area contributed by atoms with E-state index in [1.807, 2.05) is 11.0 Å². The number of ether oxygens (including phenoxy) is 3. The van der Waals surface area contributed by atoms with Gasteiger partial charge in [-0.3, -0.25) is 4.79 Å². The number of hydrogen-bond acceptors (Lipinski definition) is 4. The molecule has 6 heteroatoms. The molecule has 2 heterocycles. The van der Waals surface area contributed by atoms with Gasteiger partial charge in [0.25, 0.3) is 5.91 Å². The van der Waals surface area contributed by atoms with Crippen LogP contribution in [0.5, 0.6) is 11.5 Å². The van der Waals surface area contributed by atoms with Crippen LogP contribution in [0.15, 0.2) is 42.5 Å². The summed E-state index contributed by atoms with van der Waals surface area (Å²) in [4.78, 5) is 14.6. The van der Waals surface area contributed by atoms with Crippen LogP contribution in [0.25, 0.3) is 0 Å². The van der Waals surface area contributed by atoms with E-state index >= 15 is 0 Å². The van der Waals surface area contributed by atoms with Crippen LogP contribution in [0, 0.1) is 11.7 Å². The predicted molar refractivity (Wildman–Crippen MR) is 102 cm³/mol. The molecule has 28 heavy (non-hydrogen) atoms. The third-order valence-corrected chi connectivity index (χ3v) is 5.41. The van der Waals surface area contributed by atoms with E-state index in [9.17, 15) is 9.18 Å². The number of likely N-dealkylation sites (tertiary alicyclic amines) is 1. The third-order valence-electron chi connectivity index (χ3n) is 5.41. The minimum atomic E-state index is -0.224. The number of halogens is 1. The molecule has 148 valence electrons. The zero-order chi connectivity index (χ0) is 19.3. The van der Waals surface area contributed by atoms with E-state index in [1.54, 1.807) is 30.3 Å². The zero-order valence-electron chi connectivity index (χ0n) is 15.7. The highest BCUT2D eigenvalue weighted by Gasteiger charge is 2.25. The second kappa shape index (κ2) is 8.61. The first-order valence-corrected chi connectivity index (χ1v) is 9.71. The lowest BCUT2D eigenvalue weighted by atomic mass is 9.93. The number of nitrogens with zero attached hydrogens (tertiary/aromatic N) is 1. The van der Waals surface area contributed by atoms with Gasteiger partial charge in [-0.25, -0.2) is 4.39 Å². The highest BCUT2D eigenvalue weighted by Crippen LogP contribution is 2.33. The molecule has 2 aliphatic heterocycles. The highest BCUT2D eigenvalue weighted by atomic mass is 19.1. The van der Waals surface area contributed by atoms with Crippen molar-refractivity contribution in [3.63, 3.8) is 0 Å². The summed E-state index contributed by atoms with van der Waals surface area (Å²) < 4.78 is 29.9. The molecule has 1 saturated heterocycles. The number of rotatable bonds is 6. The lowest BCUT2D eigenvalue weighted by molar-refractivity contribution is 0.0636. The average molecular weight is 385 g/mol. The monoisotopic (exact) mass is 385 g/mol. The van der Waals surface area contributed by atoms with Gasteiger partial charge in [-0.15, -0.1) is 0 Å². The number of carbonyl (C=O) groups is 1. The van der Waals surface area contributed by atoms with Gasteiger partial charge in [0.05, 0.1) is 6.61 Å². The highest BCUT2D eigenvalue weighted by molar-refractivity contribution is 5.95. The van der Waals surface area contributed by atoms with Crippen molar-refractivity contribution < 1.29 is 23.4 Å². The van der Waals surface area contributed by atoms with E-state index in [-0.39, 0.29) is 18.5 Å². The molecule has 0 spiro atoms. The molecule has 1 fully saturated rings.